The molecule has 4 rings (SSSR count). The van der Waals surface area contributed by atoms with Crippen molar-refractivity contribution in [2.45, 2.75) is 44.0 Å². The molecule has 2 aliphatic heterocycles. The molecule has 1 fully saturated rings. The van der Waals surface area contributed by atoms with Crippen LogP contribution in [0.5, 0.6) is 0 Å². The smallest absolute Gasteiger partial charge is 0.243 e. The number of rotatable bonds is 3. The summed E-state index contributed by atoms with van der Waals surface area (Å²) in [5, 5.41) is 0. The summed E-state index contributed by atoms with van der Waals surface area (Å²) in [5.74, 6) is -0.0209. The van der Waals surface area contributed by atoms with Crippen molar-refractivity contribution in [1.82, 2.24) is 4.31 Å². The Hall–Kier alpha value is -2.38. The third kappa shape index (κ3) is 3.20. The van der Waals surface area contributed by atoms with Gasteiger partial charge in [-0.1, -0.05) is 12.1 Å². The first kappa shape index (κ1) is 20.9. The van der Waals surface area contributed by atoms with Crippen molar-refractivity contribution in [3.8, 4) is 0 Å². The molecule has 0 N–H and O–H groups in total. The van der Waals surface area contributed by atoms with Crippen LogP contribution in [0, 0.1) is 6.92 Å². The van der Waals surface area contributed by atoms with E-state index >= 15 is 0 Å². The third-order valence-corrected chi connectivity index (χ3v) is 8.26. The van der Waals surface area contributed by atoms with Gasteiger partial charge in [0.15, 0.2) is 0 Å². The van der Waals surface area contributed by atoms with Gasteiger partial charge in [-0.05, 0) is 69.2 Å². The highest BCUT2D eigenvalue weighted by atomic mass is 32.2. The number of benzene rings is 2. The number of aryl methyl sites for hydroxylation is 1. The molecular weight excluding hydrogens is 398 g/mol. The zero-order valence-electron chi connectivity index (χ0n) is 18.2. The third-order valence-electron chi connectivity index (χ3n) is 6.40. The minimum atomic E-state index is -3.64. The van der Waals surface area contributed by atoms with E-state index in [4.69, 9.17) is 0 Å². The minimum absolute atomic E-state index is 0.0209. The maximum Gasteiger partial charge on any atom is 0.243 e. The van der Waals surface area contributed by atoms with E-state index in [0.717, 1.165) is 16.9 Å². The highest BCUT2D eigenvalue weighted by Crippen LogP contribution is 2.42. The monoisotopic (exact) mass is 427 g/mol. The summed E-state index contributed by atoms with van der Waals surface area (Å²) >= 11 is 0. The van der Waals surface area contributed by atoms with E-state index in [9.17, 15) is 13.2 Å². The van der Waals surface area contributed by atoms with Gasteiger partial charge in [0.1, 0.15) is 0 Å². The van der Waals surface area contributed by atoms with Crippen LogP contribution in [0.1, 0.15) is 31.9 Å². The van der Waals surface area contributed by atoms with E-state index in [1.54, 1.807) is 34.5 Å². The molecule has 0 radical (unpaired) electrons. The van der Waals surface area contributed by atoms with Gasteiger partial charge in [-0.15, -0.1) is 0 Å². The van der Waals surface area contributed by atoms with Crippen molar-refractivity contribution in [2.24, 2.45) is 0 Å². The largest absolute Gasteiger partial charge is 0.366 e. The van der Waals surface area contributed by atoms with Gasteiger partial charge in [-0.25, -0.2) is 8.42 Å². The SMILES string of the molecule is Cc1cccc(N2CCN(S(=O)(=O)c3ccc4c(c3)C(C)(C)C(=O)N4C)C[C@@H]2C)c1. The lowest BCUT2D eigenvalue weighted by Gasteiger charge is -2.40. The first-order chi connectivity index (χ1) is 14.0. The van der Waals surface area contributed by atoms with Crippen LogP contribution in [-0.4, -0.2) is 51.4 Å². The van der Waals surface area contributed by atoms with Crippen LogP contribution in [-0.2, 0) is 20.2 Å². The quantitative estimate of drug-likeness (QED) is 0.755. The van der Waals surface area contributed by atoms with Crippen LogP contribution in [0.2, 0.25) is 0 Å². The number of piperazine rings is 1. The molecular formula is C23H29N3O3S. The molecule has 160 valence electrons. The molecule has 0 aliphatic carbocycles. The molecule has 1 saturated heterocycles. The molecule has 7 heteroatoms. The Kier molecular flexibility index (Phi) is 4.94. The van der Waals surface area contributed by atoms with Crippen molar-refractivity contribution < 1.29 is 13.2 Å². The molecule has 0 unspecified atom stereocenters. The first-order valence-electron chi connectivity index (χ1n) is 10.3. The normalized spacial score (nSPS) is 21.8. The molecule has 1 atom stereocenters. The van der Waals surface area contributed by atoms with Crippen molar-refractivity contribution in [2.75, 3.05) is 36.5 Å². The number of nitrogens with zero attached hydrogens (tertiary/aromatic N) is 3. The Balaban J connectivity index is 1.60. The Morgan fingerprint density at radius 1 is 1.07 bits per heavy atom. The summed E-state index contributed by atoms with van der Waals surface area (Å²) in [6, 6.07) is 13.4. The zero-order valence-corrected chi connectivity index (χ0v) is 19.0. The summed E-state index contributed by atoms with van der Waals surface area (Å²) in [4.78, 5) is 16.7. The minimum Gasteiger partial charge on any atom is -0.366 e. The lowest BCUT2D eigenvalue weighted by atomic mass is 9.86. The molecule has 2 heterocycles. The fourth-order valence-electron chi connectivity index (χ4n) is 4.59. The van der Waals surface area contributed by atoms with Gasteiger partial charge in [0.05, 0.1) is 10.3 Å². The average molecular weight is 428 g/mol. The van der Waals surface area contributed by atoms with Crippen molar-refractivity contribution in [3.05, 3.63) is 53.6 Å². The molecule has 0 saturated carbocycles. The van der Waals surface area contributed by atoms with Gasteiger partial charge in [-0.2, -0.15) is 4.31 Å². The molecule has 6 nitrogen and oxygen atoms in total. The lowest BCUT2D eigenvalue weighted by Crippen LogP contribution is -2.53. The summed E-state index contributed by atoms with van der Waals surface area (Å²) in [7, 11) is -1.91. The Labute approximate surface area is 179 Å². The van der Waals surface area contributed by atoms with Gasteiger partial charge < -0.3 is 9.80 Å². The summed E-state index contributed by atoms with van der Waals surface area (Å²) in [5.41, 5.74) is 3.13. The number of fused-ring (bicyclic) bond motifs is 1. The fourth-order valence-corrected chi connectivity index (χ4v) is 6.13. The Morgan fingerprint density at radius 2 is 1.80 bits per heavy atom. The van der Waals surface area contributed by atoms with E-state index in [-0.39, 0.29) is 16.8 Å². The second-order valence-corrected chi connectivity index (χ2v) is 10.9. The number of likely N-dealkylation sites (N-methyl/N-ethyl adjacent to an activating group) is 1. The zero-order chi connectivity index (χ0) is 21.8. The van der Waals surface area contributed by atoms with Gasteiger partial charge in [0.25, 0.3) is 0 Å². The van der Waals surface area contributed by atoms with Crippen LogP contribution in [0.25, 0.3) is 0 Å². The molecule has 0 bridgehead atoms. The molecule has 30 heavy (non-hydrogen) atoms. The number of anilines is 2. The Bertz CT molecular complexity index is 1110. The summed E-state index contributed by atoms with van der Waals surface area (Å²) in [6.07, 6.45) is 0. The van der Waals surface area contributed by atoms with Crippen LogP contribution in [0.4, 0.5) is 11.4 Å². The van der Waals surface area contributed by atoms with Crippen molar-refractivity contribution in [1.29, 1.82) is 0 Å². The number of hydrogen-bond donors (Lipinski definition) is 0. The summed E-state index contributed by atoms with van der Waals surface area (Å²) in [6.45, 7) is 9.31. The molecule has 2 aromatic rings. The van der Waals surface area contributed by atoms with Crippen LogP contribution in [0.3, 0.4) is 0 Å². The average Bonchev–Trinajstić information content (AvgIpc) is 2.88. The molecule has 2 aliphatic rings. The second-order valence-electron chi connectivity index (χ2n) is 8.91. The van der Waals surface area contributed by atoms with Gasteiger partial charge in [0.2, 0.25) is 15.9 Å². The highest BCUT2D eigenvalue weighted by molar-refractivity contribution is 7.89. The lowest BCUT2D eigenvalue weighted by molar-refractivity contribution is -0.121. The number of carbonyl (C=O) groups excluding carboxylic acids is 1. The van der Waals surface area contributed by atoms with E-state index < -0.39 is 15.4 Å². The van der Waals surface area contributed by atoms with Gasteiger partial charge in [0, 0.05) is 44.1 Å². The number of sulfonamides is 1. The highest BCUT2D eigenvalue weighted by Gasteiger charge is 2.43. The predicted octanol–water partition coefficient (Wildman–Crippen LogP) is 3.15. The molecule has 1 amide bonds. The first-order valence-corrected chi connectivity index (χ1v) is 11.7. The summed E-state index contributed by atoms with van der Waals surface area (Å²) < 4.78 is 28.4. The second kappa shape index (κ2) is 7.10. The maximum atomic E-state index is 13.4. The van der Waals surface area contributed by atoms with E-state index in [2.05, 4.69) is 36.9 Å². The predicted molar refractivity (Wildman–Crippen MR) is 120 cm³/mol. The van der Waals surface area contributed by atoms with Crippen molar-refractivity contribution in [3.63, 3.8) is 0 Å². The van der Waals surface area contributed by atoms with Crippen LogP contribution >= 0.6 is 0 Å². The van der Waals surface area contributed by atoms with Gasteiger partial charge in [-0.3, -0.25) is 4.79 Å². The van der Waals surface area contributed by atoms with E-state index in [0.29, 0.717) is 19.6 Å². The maximum absolute atomic E-state index is 13.4. The number of hydrogen-bond acceptors (Lipinski definition) is 4. The van der Waals surface area contributed by atoms with Crippen LogP contribution in [0.15, 0.2) is 47.4 Å². The number of amides is 1. The fraction of sp³-hybridized carbons (Fsp3) is 0.435. The van der Waals surface area contributed by atoms with Gasteiger partial charge >= 0.3 is 0 Å². The van der Waals surface area contributed by atoms with E-state index in [1.165, 1.54) is 5.56 Å². The number of carbonyl (C=O) groups is 1. The van der Waals surface area contributed by atoms with Crippen LogP contribution < -0.4 is 9.80 Å². The molecule has 0 spiro atoms. The molecule has 0 aromatic heterocycles. The molecule has 2 aromatic carbocycles. The standard InChI is InChI=1S/C23H29N3O3S/c1-16-7-6-8-18(13-16)26-12-11-25(15-17(26)2)30(28,29)19-9-10-21-20(14-19)23(3,4)22(27)24(21)5/h6-10,13-14,17H,11-12,15H2,1-5H3/t17-/m0/s1. The topological polar surface area (TPSA) is 60.9 Å². The van der Waals surface area contributed by atoms with E-state index in [1.807, 2.05) is 19.9 Å². The van der Waals surface area contributed by atoms with Crippen molar-refractivity contribution >= 4 is 27.3 Å². The Morgan fingerprint density at radius 3 is 2.47 bits per heavy atom.